The van der Waals surface area contributed by atoms with Crippen LogP contribution in [-0.2, 0) is 13.1 Å². The number of benzene rings is 1. The second-order valence-corrected chi connectivity index (χ2v) is 11.1. The van der Waals surface area contributed by atoms with Crippen LogP contribution < -0.4 is 15.1 Å². The summed E-state index contributed by atoms with van der Waals surface area (Å²) in [6.07, 6.45) is 7.64. The summed E-state index contributed by atoms with van der Waals surface area (Å²) in [7, 11) is 0. The molecule has 0 amide bonds. The monoisotopic (exact) mass is 543 g/mol. The molecular weight excluding hydrogens is 509 g/mol. The lowest BCUT2D eigenvalue weighted by Crippen LogP contribution is -2.48. The van der Waals surface area contributed by atoms with Gasteiger partial charge in [0.05, 0.1) is 28.8 Å². The van der Waals surface area contributed by atoms with Gasteiger partial charge in [0.2, 0.25) is 0 Å². The van der Waals surface area contributed by atoms with Crippen molar-refractivity contribution in [1.82, 2.24) is 19.4 Å². The summed E-state index contributed by atoms with van der Waals surface area (Å²) in [4.78, 5) is 27.4. The van der Waals surface area contributed by atoms with E-state index in [0.29, 0.717) is 24.2 Å². The zero-order valence-electron chi connectivity index (χ0n) is 23.1. The average Bonchev–Trinajstić information content (AvgIpc) is 2.95. The van der Waals surface area contributed by atoms with Gasteiger partial charge >= 0.3 is 0 Å². The molecule has 4 aromatic rings. The van der Waals surface area contributed by atoms with Crippen LogP contribution in [0, 0.1) is 19.7 Å². The predicted molar refractivity (Wildman–Crippen MR) is 152 cm³/mol. The third-order valence-electron chi connectivity index (χ3n) is 8.11. The number of halogens is 1. The number of hydrogen-bond donors (Lipinski definition) is 1. The summed E-state index contributed by atoms with van der Waals surface area (Å²) in [6.45, 7) is 9.06. The van der Waals surface area contributed by atoms with Crippen LogP contribution in [0.5, 0.6) is 11.5 Å². The number of ether oxygens (including phenoxy) is 1. The minimum atomic E-state index is -0.850. The second-order valence-electron chi connectivity index (χ2n) is 11.1. The van der Waals surface area contributed by atoms with Gasteiger partial charge < -0.3 is 19.3 Å². The van der Waals surface area contributed by atoms with Crippen molar-refractivity contribution >= 4 is 16.6 Å². The molecule has 2 aliphatic heterocycles. The Hall–Kier alpha value is -3.98. The average molecular weight is 544 g/mol. The van der Waals surface area contributed by atoms with Crippen molar-refractivity contribution in [3.63, 3.8) is 0 Å². The highest BCUT2D eigenvalue weighted by Gasteiger charge is 2.30. The Morgan fingerprint density at radius 3 is 2.77 bits per heavy atom. The van der Waals surface area contributed by atoms with Gasteiger partial charge in [0.1, 0.15) is 6.61 Å². The number of hydrogen-bond acceptors (Lipinski definition) is 7. The number of anilines is 1. The van der Waals surface area contributed by atoms with E-state index >= 15 is 0 Å². The fourth-order valence-corrected chi connectivity index (χ4v) is 5.99. The lowest BCUT2D eigenvalue weighted by atomic mass is 10.0. The summed E-state index contributed by atoms with van der Waals surface area (Å²) >= 11 is 0. The van der Waals surface area contributed by atoms with Gasteiger partial charge in [0.15, 0.2) is 22.7 Å². The van der Waals surface area contributed by atoms with Gasteiger partial charge in [-0.3, -0.25) is 19.7 Å². The SMILES string of the molecule is Cc1ccc(N2CCC[C@H](N(Cc3ccnc(C)c3)Cc3cn4c5c(c(O)c(F)cc5c3=O)OC[C@@H]4C)C2)cn1. The first-order valence-corrected chi connectivity index (χ1v) is 13.8. The van der Waals surface area contributed by atoms with Crippen molar-refractivity contribution in [3.05, 3.63) is 87.5 Å². The molecule has 9 heteroatoms. The molecule has 0 saturated carbocycles. The number of pyridine rings is 3. The molecule has 6 rings (SSSR count). The van der Waals surface area contributed by atoms with Crippen molar-refractivity contribution in [1.29, 1.82) is 0 Å². The summed E-state index contributed by atoms with van der Waals surface area (Å²) in [5.41, 5.74) is 4.96. The zero-order valence-corrected chi connectivity index (χ0v) is 23.1. The molecule has 5 heterocycles. The quantitative estimate of drug-likeness (QED) is 0.371. The van der Waals surface area contributed by atoms with Crippen molar-refractivity contribution in [2.24, 2.45) is 0 Å². The van der Waals surface area contributed by atoms with E-state index in [2.05, 4.69) is 31.9 Å². The molecule has 2 aliphatic rings. The highest BCUT2D eigenvalue weighted by molar-refractivity contribution is 5.88. The van der Waals surface area contributed by atoms with Gasteiger partial charge in [0.25, 0.3) is 0 Å². The number of phenols is 1. The van der Waals surface area contributed by atoms with E-state index in [0.717, 1.165) is 54.6 Å². The minimum Gasteiger partial charge on any atom is -0.502 e. The third kappa shape index (κ3) is 4.90. The molecule has 1 saturated heterocycles. The van der Waals surface area contributed by atoms with Crippen LogP contribution in [-0.4, -0.2) is 50.3 Å². The molecule has 2 atom stereocenters. The molecular formula is C31H34FN5O3. The molecule has 1 fully saturated rings. The van der Waals surface area contributed by atoms with Crippen LogP contribution in [0.15, 0.2) is 53.7 Å². The van der Waals surface area contributed by atoms with Crippen LogP contribution in [0.1, 0.15) is 48.3 Å². The Bertz CT molecular complexity index is 1620. The Morgan fingerprint density at radius 1 is 1.15 bits per heavy atom. The van der Waals surface area contributed by atoms with Crippen LogP contribution in [0.2, 0.25) is 0 Å². The molecule has 1 aromatic carbocycles. The molecule has 0 radical (unpaired) electrons. The second kappa shape index (κ2) is 10.5. The maximum absolute atomic E-state index is 14.7. The van der Waals surface area contributed by atoms with Gasteiger partial charge in [0, 0.05) is 61.6 Å². The lowest BCUT2D eigenvalue weighted by molar-refractivity contribution is 0.157. The number of aromatic hydroxyl groups is 1. The highest BCUT2D eigenvalue weighted by atomic mass is 19.1. The number of rotatable bonds is 6. The van der Waals surface area contributed by atoms with E-state index < -0.39 is 11.6 Å². The lowest BCUT2D eigenvalue weighted by Gasteiger charge is -2.40. The first-order valence-electron chi connectivity index (χ1n) is 13.8. The van der Waals surface area contributed by atoms with Crippen molar-refractivity contribution in [2.75, 3.05) is 24.6 Å². The van der Waals surface area contributed by atoms with E-state index in [-0.39, 0.29) is 35.3 Å². The molecule has 40 heavy (non-hydrogen) atoms. The van der Waals surface area contributed by atoms with Gasteiger partial charge in [-0.2, -0.15) is 0 Å². The fourth-order valence-electron chi connectivity index (χ4n) is 5.99. The number of nitrogens with zero attached hydrogens (tertiary/aromatic N) is 5. The molecule has 0 unspecified atom stereocenters. The number of phenolic OH excluding ortho intramolecular Hbond substituents is 1. The van der Waals surface area contributed by atoms with E-state index in [9.17, 15) is 14.3 Å². The summed E-state index contributed by atoms with van der Waals surface area (Å²) in [5, 5.41) is 10.5. The van der Waals surface area contributed by atoms with Crippen LogP contribution in [0.25, 0.3) is 10.9 Å². The molecule has 0 spiro atoms. The largest absolute Gasteiger partial charge is 0.502 e. The molecule has 0 aliphatic carbocycles. The van der Waals surface area contributed by atoms with Gasteiger partial charge in [-0.05, 0) is 69.5 Å². The number of piperidine rings is 1. The van der Waals surface area contributed by atoms with Gasteiger partial charge in [-0.15, -0.1) is 0 Å². The van der Waals surface area contributed by atoms with Crippen molar-refractivity contribution in [2.45, 2.75) is 58.8 Å². The first kappa shape index (κ1) is 26.3. The van der Waals surface area contributed by atoms with E-state index in [1.165, 1.54) is 0 Å². The molecule has 208 valence electrons. The van der Waals surface area contributed by atoms with Gasteiger partial charge in [-0.1, -0.05) is 0 Å². The smallest absolute Gasteiger partial charge is 0.196 e. The van der Waals surface area contributed by atoms with Crippen LogP contribution in [0.3, 0.4) is 0 Å². The van der Waals surface area contributed by atoms with Gasteiger partial charge in [-0.25, -0.2) is 4.39 Å². The van der Waals surface area contributed by atoms with E-state index in [4.69, 9.17) is 4.74 Å². The number of aromatic nitrogens is 3. The molecule has 0 bridgehead atoms. The molecule has 3 aromatic heterocycles. The Labute approximate surface area is 232 Å². The predicted octanol–water partition coefficient (Wildman–Crippen LogP) is 4.88. The van der Waals surface area contributed by atoms with E-state index in [1.807, 2.05) is 56.1 Å². The minimum absolute atomic E-state index is 0.0375. The Balaban J connectivity index is 1.39. The standard InChI is InChI=1S/C31H34FN5O3/c1-19-6-7-24(13-34-19)35-10-4-5-25(17-35)36(14-22-8-9-33-20(2)11-22)15-23-16-37-21(3)18-40-31-28(37)26(29(23)38)12-27(32)30(31)39/h6-9,11-13,16,21,25,39H,4-5,10,14-15,17-18H2,1-3H3/t21-,25-/m0/s1. The highest BCUT2D eigenvalue weighted by Crippen LogP contribution is 2.40. The topological polar surface area (TPSA) is 83.7 Å². The van der Waals surface area contributed by atoms with Crippen molar-refractivity contribution < 1.29 is 14.2 Å². The fraction of sp³-hybridized carbons (Fsp3) is 0.387. The normalized spacial score (nSPS) is 18.8. The third-order valence-corrected chi connectivity index (χ3v) is 8.11. The zero-order chi connectivity index (χ0) is 28.0. The maximum atomic E-state index is 14.7. The molecule has 1 N–H and O–H groups in total. The number of aryl methyl sites for hydroxylation is 2. The van der Waals surface area contributed by atoms with E-state index in [1.54, 1.807) is 0 Å². The van der Waals surface area contributed by atoms with Crippen molar-refractivity contribution in [3.8, 4) is 11.5 Å². The summed E-state index contributed by atoms with van der Waals surface area (Å²) in [6, 6.07) is 9.51. The van der Waals surface area contributed by atoms with Crippen LogP contribution >= 0.6 is 0 Å². The first-order chi connectivity index (χ1) is 19.3. The summed E-state index contributed by atoms with van der Waals surface area (Å²) in [5.74, 6) is -1.37. The maximum Gasteiger partial charge on any atom is 0.196 e. The summed E-state index contributed by atoms with van der Waals surface area (Å²) < 4.78 is 22.3. The Morgan fingerprint density at radius 2 is 2.00 bits per heavy atom. The Kier molecular flexibility index (Phi) is 6.92. The van der Waals surface area contributed by atoms with Crippen LogP contribution in [0.4, 0.5) is 10.1 Å². The molecule has 8 nitrogen and oxygen atoms in total.